The summed E-state index contributed by atoms with van der Waals surface area (Å²) in [6.07, 6.45) is 2.20. The number of hydrazone groups is 2. The van der Waals surface area contributed by atoms with Gasteiger partial charge in [-0.1, -0.05) is 0 Å². The third-order valence-electron chi connectivity index (χ3n) is 3.53. The van der Waals surface area contributed by atoms with E-state index in [1.807, 2.05) is 0 Å². The van der Waals surface area contributed by atoms with Gasteiger partial charge in [-0.25, -0.2) is 10.9 Å². The summed E-state index contributed by atoms with van der Waals surface area (Å²) < 4.78 is 9.94. The third kappa shape index (κ3) is 6.54. The van der Waals surface area contributed by atoms with E-state index in [2.05, 4.69) is 21.1 Å². The Morgan fingerprint density at radius 3 is 1.66 bits per heavy atom. The number of phenols is 2. The molecule has 0 bridgehead atoms. The Morgan fingerprint density at radius 1 is 0.862 bits per heavy atom. The lowest BCUT2D eigenvalue weighted by Crippen LogP contribution is -2.27. The van der Waals surface area contributed by atoms with Crippen molar-refractivity contribution in [2.45, 2.75) is 6.42 Å². The van der Waals surface area contributed by atoms with E-state index in [4.69, 9.17) is 9.47 Å². The van der Waals surface area contributed by atoms with Gasteiger partial charge in [-0.15, -0.1) is 0 Å². The van der Waals surface area contributed by atoms with E-state index in [1.54, 1.807) is 12.1 Å². The van der Waals surface area contributed by atoms with E-state index < -0.39 is 18.2 Å². The van der Waals surface area contributed by atoms with Gasteiger partial charge in [-0.05, 0) is 47.5 Å². The van der Waals surface area contributed by atoms with Gasteiger partial charge in [0.05, 0.1) is 26.6 Å². The van der Waals surface area contributed by atoms with Crippen LogP contribution in [0.15, 0.2) is 46.6 Å². The highest BCUT2D eigenvalue weighted by Gasteiger charge is 2.08. The summed E-state index contributed by atoms with van der Waals surface area (Å²) in [5.41, 5.74) is 5.59. The van der Waals surface area contributed by atoms with Crippen molar-refractivity contribution >= 4 is 24.2 Å². The van der Waals surface area contributed by atoms with E-state index in [1.165, 1.54) is 50.9 Å². The summed E-state index contributed by atoms with van der Waals surface area (Å²) in [6, 6.07) is 9.07. The molecule has 4 N–H and O–H groups in total. The van der Waals surface area contributed by atoms with Gasteiger partial charge in [-0.2, -0.15) is 10.2 Å². The van der Waals surface area contributed by atoms with E-state index in [9.17, 15) is 19.8 Å². The predicted molar refractivity (Wildman–Crippen MR) is 105 cm³/mol. The highest BCUT2D eigenvalue weighted by atomic mass is 16.5. The Balaban J connectivity index is 1.81. The number of nitrogens with zero attached hydrogens (tertiary/aromatic N) is 2. The zero-order chi connectivity index (χ0) is 21.2. The van der Waals surface area contributed by atoms with Gasteiger partial charge in [0.2, 0.25) is 11.8 Å². The van der Waals surface area contributed by atoms with Gasteiger partial charge >= 0.3 is 0 Å². The number of carbonyl (C=O) groups is 2. The summed E-state index contributed by atoms with van der Waals surface area (Å²) in [5, 5.41) is 26.5. The molecule has 0 radical (unpaired) electrons. The average molecular weight is 400 g/mol. The minimum atomic E-state index is -0.633. The van der Waals surface area contributed by atoms with Crippen LogP contribution in [0.4, 0.5) is 0 Å². The average Bonchev–Trinajstić information content (AvgIpc) is 2.70. The van der Waals surface area contributed by atoms with E-state index >= 15 is 0 Å². The summed E-state index contributed by atoms with van der Waals surface area (Å²) >= 11 is 0. The lowest BCUT2D eigenvalue weighted by molar-refractivity contribution is -0.129. The van der Waals surface area contributed by atoms with E-state index in [-0.39, 0.29) is 23.0 Å². The van der Waals surface area contributed by atoms with Crippen LogP contribution in [0.25, 0.3) is 0 Å². The Kier molecular flexibility index (Phi) is 7.54. The Hall–Kier alpha value is -4.08. The maximum Gasteiger partial charge on any atom is 0.249 e. The minimum absolute atomic E-state index is 0.0170. The van der Waals surface area contributed by atoms with Crippen LogP contribution >= 0.6 is 0 Å². The monoisotopic (exact) mass is 400 g/mol. The second kappa shape index (κ2) is 10.3. The van der Waals surface area contributed by atoms with E-state index in [0.717, 1.165) is 0 Å². The van der Waals surface area contributed by atoms with Crippen molar-refractivity contribution in [3.05, 3.63) is 47.5 Å². The quantitative estimate of drug-likeness (QED) is 0.297. The molecule has 10 nitrogen and oxygen atoms in total. The normalized spacial score (nSPS) is 10.8. The maximum absolute atomic E-state index is 11.7. The Labute approximate surface area is 166 Å². The van der Waals surface area contributed by atoms with Crippen LogP contribution in [0.5, 0.6) is 23.0 Å². The number of amides is 2. The molecule has 2 aromatic rings. The number of carbonyl (C=O) groups excluding carboxylic acids is 2. The lowest BCUT2D eigenvalue weighted by atomic mass is 10.2. The molecule has 0 spiro atoms. The SMILES string of the molecule is COc1cc(C=NNC(=O)CC(=O)NN=Cc2ccc(O)c(OC)c2)ccc1O. The number of methoxy groups -OCH3 is 2. The fourth-order valence-corrected chi connectivity index (χ4v) is 2.13. The number of aromatic hydroxyl groups is 2. The van der Waals surface area contributed by atoms with Crippen LogP contribution < -0.4 is 20.3 Å². The number of hydrogen-bond donors (Lipinski definition) is 4. The summed E-state index contributed by atoms with van der Waals surface area (Å²) in [6.45, 7) is 0. The lowest BCUT2D eigenvalue weighted by Gasteiger charge is -2.04. The molecule has 2 amide bonds. The predicted octanol–water partition coefficient (Wildman–Crippen LogP) is 1.11. The van der Waals surface area contributed by atoms with Gasteiger partial charge in [-0.3, -0.25) is 9.59 Å². The van der Waals surface area contributed by atoms with Crippen LogP contribution in [0, 0.1) is 0 Å². The molecule has 0 aromatic heterocycles. The second-order valence-electron chi connectivity index (χ2n) is 5.63. The standard InChI is InChI=1S/C19H20N4O6/c1-28-16-7-12(3-5-14(16)24)10-20-22-18(26)9-19(27)23-21-11-13-4-6-15(25)17(8-13)29-2/h3-8,10-11,24-25H,9H2,1-2H3,(H,22,26)(H,23,27). The van der Waals surface area contributed by atoms with Crippen molar-refractivity contribution in [2.75, 3.05) is 14.2 Å². The van der Waals surface area contributed by atoms with Crippen LogP contribution in [-0.2, 0) is 9.59 Å². The molecule has 0 atom stereocenters. The molecule has 0 heterocycles. The van der Waals surface area contributed by atoms with Gasteiger partial charge in [0.15, 0.2) is 23.0 Å². The van der Waals surface area contributed by atoms with Crippen molar-refractivity contribution < 1.29 is 29.3 Å². The molecule has 10 heteroatoms. The van der Waals surface area contributed by atoms with Crippen LogP contribution in [0.1, 0.15) is 17.5 Å². The topological polar surface area (TPSA) is 142 Å². The van der Waals surface area contributed by atoms with Crippen molar-refractivity contribution in [3.8, 4) is 23.0 Å². The largest absolute Gasteiger partial charge is 0.504 e. The highest BCUT2D eigenvalue weighted by molar-refractivity contribution is 5.97. The van der Waals surface area contributed by atoms with Crippen LogP contribution in [-0.4, -0.2) is 48.7 Å². The number of benzene rings is 2. The number of phenolic OH excluding ortho intramolecular Hbond substituents is 2. The molecule has 0 aliphatic rings. The molecule has 0 saturated carbocycles. The highest BCUT2D eigenvalue weighted by Crippen LogP contribution is 2.26. The number of rotatable bonds is 8. The second-order valence-corrected chi connectivity index (χ2v) is 5.63. The first kappa shape index (κ1) is 21.2. The fourth-order valence-electron chi connectivity index (χ4n) is 2.13. The molecule has 0 aliphatic heterocycles. The Morgan fingerprint density at radius 2 is 1.28 bits per heavy atom. The number of hydrogen-bond acceptors (Lipinski definition) is 8. The van der Waals surface area contributed by atoms with Crippen molar-refractivity contribution in [1.29, 1.82) is 0 Å². The third-order valence-corrected chi connectivity index (χ3v) is 3.53. The molecule has 0 aliphatic carbocycles. The molecule has 152 valence electrons. The van der Waals surface area contributed by atoms with Crippen LogP contribution in [0.3, 0.4) is 0 Å². The number of nitrogens with one attached hydrogen (secondary N) is 2. The molecule has 0 unspecified atom stereocenters. The van der Waals surface area contributed by atoms with Crippen LogP contribution in [0.2, 0.25) is 0 Å². The van der Waals surface area contributed by atoms with Gasteiger partial charge in [0.25, 0.3) is 0 Å². The molecule has 0 saturated heterocycles. The van der Waals surface area contributed by atoms with Gasteiger partial charge in [0.1, 0.15) is 6.42 Å². The Bertz CT molecular complexity index is 867. The summed E-state index contributed by atoms with van der Waals surface area (Å²) in [5.74, 6) is -0.766. The minimum Gasteiger partial charge on any atom is -0.504 e. The van der Waals surface area contributed by atoms with E-state index in [0.29, 0.717) is 11.1 Å². The zero-order valence-corrected chi connectivity index (χ0v) is 15.7. The first-order valence-electron chi connectivity index (χ1n) is 8.30. The summed E-state index contributed by atoms with van der Waals surface area (Å²) in [4.78, 5) is 23.5. The molecular weight excluding hydrogens is 380 g/mol. The smallest absolute Gasteiger partial charge is 0.249 e. The van der Waals surface area contributed by atoms with Crippen molar-refractivity contribution in [1.82, 2.24) is 10.9 Å². The molecule has 2 rings (SSSR count). The van der Waals surface area contributed by atoms with Gasteiger partial charge < -0.3 is 19.7 Å². The summed E-state index contributed by atoms with van der Waals surface area (Å²) in [7, 11) is 2.83. The first-order chi connectivity index (χ1) is 13.9. The van der Waals surface area contributed by atoms with Gasteiger partial charge in [0, 0.05) is 0 Å². The van der Waals surface area contributed by atoms with Crippen molar-refractivity contribution in [3.63, 3.8) is 0 Å². The first-order valence-corrected chi connectivity index (χ1v) is 8.30. The zero-order valence-electron chi connectivity index (χ0n) is 15.7. The molecule has 29 heavy (non-hydrogen) atoms. The molecule has 0 fully saturated rings. The molecular formula is C19H20N4O6. The molecule has 2 aromatic carbocycles. The number of ether oxygens (including phenoxy) is 2. The van der Waals surface area contributed by atoms with Crippen molar-refractivity contribution in [2.24, 2.45) is 10.2 Å². The maximum atomic E-state index is 11.7. The fraction of sp³-hybridized carbons (Fsp3) is 0.158.